The number of phenolic OH excluding ortho intramolecular Hbond substituents is 2. The number of para-hydroxylation sites is 1. The van der Waals surface area contributed by atoms with E-state index in [1.165, 1.54) is 18.3 Å². The molecule has 1 amide bonds. The Balaban J connectivity index is 1.86. The molecule has 1 aliphatic rings. The highest BCUT2D eigenvalue weighted by molar-refractivity contribution is 9.10. The number of thiocarbonyl (C=S) groups is 1. The van der Waals surface area contributed by atoms with Crippen LogP contribution in [-0.2, 0) is 4.79 Å². The summed E-state index contributed by atoms with van der Waals surface area (Å²) in [6, 6.07) is 11.6. The number of thioether (sulfide) groups is 1. The summed E-state index contributed by atoms with van der Waals surface area (Å²) in [7, 11) is 0. The van der Waals surface area contributed by atoms with Gasteiger partial charge in [0.05, 0.1) is 11.1 Å². The summed E-state index contributed by atoms with van der Waals surface area (Å²) < 4.78 is 1.06. The topological polar surface area (TPSA) is 73.1 Å². The molecule has 0 aromatic heterocycles. The van der Waals surface area contributed by atoms with Gasteiger partial charge in [-0.25, -0.2) is 0 Å². The first-order valence-electron chi connectivity index (χ1n) is 7.04. The zero-order chi connectivity index (χ0) is 18.0. The first-order chi connectivity index (χ1) is 12.0. The van der Waals surface area contributed by atoms with Crippen LogP contribution in [0.1, 0.15) is 11.1 Å². The molecule has 2 aromatic rings. The van der Waals surface area contributed by atoms with Crippen molar-refractivity contribution in [1.82, 2.24) is 5.01 Å². The average Bonchev–Trinajstić information content (AvgIpc) is 2.84. The Hall–Kier alpha value is -2.16. The third kappa shape index (κ3) is 3.92. The number of hydrogen-bond acceptors (Lipinski definition) is 6. The van der Waals surface area contributed by atoms with E-state index in [9.17, 15) is 15.0 Å². The van der Waals surface area contributed by atoms with Gasteiger partial charge in [-0.15, -0.1) is 0 Å². The molecular weight excluding hydrogens is 424 g/mol. The normalized spacial score (nSPS) is 16.4. The van der Waals surface area contributed by atoms with Crippen molar-refractivity contribution < 1.29 is 15.0 Å². The maximum Gasteiger partial charge on any atom is 0.286 e. The van der Waals surface area contributed by atoms with Crippen molar-refractivity contribution in [1.29, 1.82) is 0 Å². The highest BCUT2D eigenvalue weighted by Crippen LogP contribution is 2.35. The largest absolute Gasteiger partial charge is 0.507 e. The van der Waals surface area contributed by atoms with Crippen LogP contribution in [0.15, 0.2) is 56.9 Å². The zero-order valence-corrected chi connectivity index (χ0v) is 15.8. The Morgan fingerprint density at radius 3 is 2.60 bits per heavy atom. The zero-order valence-electron chi connectivity index (χ0n) is 12.6. The van der Waals surface area contributed by atoms with Gasteiger partial charge < -0.3 is 10.2 Å². The summed E-state index contributed by atoms with van der Waals surface area (Å²) in [4.78, 5) is 12.9. The lowest BCUT2D eigenvalue weighted by Crippen LogP contribution is -2.22. The van der Waals surface area contributed by atoms with E-state index in [1.807, 2.05) is 0 Å². The summed E-state index contributed by atoms with van der Waals surface area (Å²) >= 11 is 9.62. The van der Waals surface area contributed by atoms with Crippen LogP contribution in [0.2, 0.25) is 0 Å². The van der Waals surface area contributed by atoms with Crippen LogP contribution in [0.25, 0.3) is 6.08 Å². The number of hydrazone groups is 1. The van der Waals surface area contributed by atoms with Crippen LogP contribution in [0.5, 0.6) is 11.5 Å². The van der Waals surface area contributed by atoms with Gasteiger partial charge in [0, 0.05) is 15.6 Å². The number of benzene rings is 2. The molecule has 0 aliphatic carbocycles. The van der Waals surface area contributed by atoms with E-state index < -0.39 is 0 Å². The second-order valence-electron chi connectivity index (χ2n) is 5.00. The van der Waals surface area contributed by atoms with Gasteiger partial charge in [-0.05, 0) is 48.6 Å². The number of carbonyl (C=O) groups is 1. The highest BCUT2D eigenvalue weighted by atomic mass is 79.9. The Kier molecular flexibility index (Phi) is 5.22. The van der Waals surface area contributed by atoms with Gasteiger partial charge in [0.1, 0.15) is 11.5 Å². The fourth-order valence-corrected chi connectivity index (χ4v) is 3.60. The molecule has 1 heterocycles. The van der Waals surface area contributed by atoms with Gasteiger partial charge in [0.15, 0.2) is 4.32 Å². The van der Waals surface area contributed by atoms with E-state index in [-0.39, 0.29) is 21.7 Å². The van der Waals surface area contributed by atoms with Crippen LogP contribution in [0.3, 0.4) is 0 Å². The number of amides is 1. The summed E-state index contributed by atoms with van der Waals surface area (Å²) in [5.41, 5.74) is 0.977. The monoisotopic (exact) mass is 434 g/mol. The molecule has 0 atom stereocenters. The molecule has 5 nitrogen and oxygen atoms in total. The van der Waals surface area contributed by atoms with E-state index in [2.05, 4.69) is 21.0 Å². The molecule has 0 radical (unpaired) electrons. The van der Waals surface area contributed by atoms with Crippen molar-refractivity contribution in [2.24, 2.45) is 5.10 Å². The molecule has 8 heteroatoms. The fourth-order valence-electron chi connectivity index (χ4n) is 2.06. The lowest BCUT2D eigenvalue weighted by molar-refractivity contribution is -0.122. The van der Waals surface area contributed by atoms with Crippen molar-refractivity contribution in [2.75, 3.05) is 0 Å². The lowest BCUT2D eigenvalue weighted by Gasteiger charge is -2.06. The third-order valence-electron chi connectivity index (χ3n) is 3.30. The molecule has 0 unspecified atom stereocenters. The molecule has 1 aliphatic heterocycles. The van der Waals surface area contributed by atoms with Gasteiger partial charge in [-0.2, -0.15) is 10.1 Å². The Morgan fingerprint density at radius 1 is 1.12 bits per heavy atom. The summed E-state index contributed by atoms with van der Waals surface area (Å²) in [6.45, 7) is 0. The maximum absolute atomic E-state index is 12.5. The van der Waals surface area contributed by atoms with E-state index in [0.29, 0.717) is 16.0 Å². The number of carbonyl (C=O) groups excluding carboxylic acids is 1. The second kappa shape index (κ2) is 7.38. The third-order valence-corrected chi connectivity index (χ3v) is 5.07. The summed E-state index contributed by atoms with van der Waals surface area (Å²) in [5.74, 6) is -0.265. The molecule has 25 heavy (non-hydrogen) atoms. The SMILES string of the molecule is O=C1C(=Cc2cc(Br)ccc2O)SC(=S)N1/N=C/c1ccccc1O. The highest BCUT2D eigenvalue weighted by Gasteiger charge is 2.32. The second-order valence-corrected chi connectivity index (χ2v) is 7.59. The minimum Gasteiger partial charge on any atom is -0.507 e. The molecule has 0 saturated carbocycles. The Bertz CT molecular complexity index is 928. The van der Waals surface area contributed by atoms with Gasteiger partial charge in [-0.3, -0.25) is 4.79 Å². The first-order valence-corrected chi connectivity index (χ1v) is 9.06. The van der Waals surface area contributed by atoms with Gasteiger partial charge in [0.25, 0.3) is 5.91 Å². The standard InChI is InChI=1S/C17H11BrN2O3S2/c18-12-5-6-14(22)11(7-12)8-15-16(23)20(17(24)25-15)19-9-10-3-1-2-4-13(10)21/h1-9,21-22H/b15-8?,19-9+. The molecule has 1 fully saturated rings. The van der Waals surface area contributed by atoms with Crippen molar-refractivity contribution >= 4 is 62.4 Å². The molecule has 126 valence electrons. The van der Waals surface area contributed by atoms with Crippen LogP contribution in [0, 0.1) is 0 Å². The van der Waals surface area contributed by atoms with E-state index in [1.54, 1.807) is 36.4 Å². The minimum atomic E-state index is -0.388. The Morgan fingerprint density at radius 2 is 1.84 bits per heavy atom. The number of rotatable bonds is 3. The molecule has 0 spiro atoms. The van der Waals surface area contributed by atoms with Crippen LogP contribution >= 0.6 is 39.9 Å². The van der Waals surface area contributed by atoms with E-state index in [0.717, 1.165) is 21.2 Å². The first kappa shape index (κ1) is 17.7. The fraction of sp³-hybridized carbons (Fsp3) is 0. The number of hydrogen-bond donors (Lipinski definition) is 2. The van der Waals surface area contributed by atoms with E-state index in [4.69, 9.17) is 12.2 Å². The maximum atomic E-state index is 12.5. The number of aromatic hydroxyl groups is 2. The molecule has 2 aromatic carbocycles. The van der Waals surface area contributed by atoms with Crippen LogP contribution < -0.4 is 0 Å². The summed E-state index contributed by atoms with van der Waals surface area (Å²) in [5, 5.41) is 24.8. The smallest absolute Gasteiger partial charge is 0.286 e. The Labute approximate surface area is 161 Å². The van der Waals surface area contributed by atoms with Crippen LogP contribution in [-0.4, -0.2) is 31.7 Å². The predicted octanol–water partition coefficient (Wildman–Crippen LogP) is 4.10. The van der Waals surface area contributed by atoms with E-state index >= 15 is 0 Å². The lowest BCUT2D eigenvalue weighted by atomic mass is 10.2. The molecule has 2 N–H and O–H groups in total. The van der Waals surface area contributed by atoms with Crippen molar-refractivity contribution in [3.05, 3.63) is 63.0 Å². The average molecular weight is 435 g/mol. The van der Waals surface area contributed by atoms with Crippen molar-refractivity contribution in [3.63, 3.8) is 0 Å². The number of phenols is 2. The van der Waals surface area contributed by atoms with Crippen molar-refractivity contribution in [3.8, 4) is 11.5 Å². The number of halogens is 1. The van der Waals surface area contributed by atoms with Gasteiger partial charge >= 0.3 is 0 Å². The molecular formula is C17H11BrN2O3S2. The minimum absolute atomic E-state index is 0.0613. The predicted molar refractivity (Wildman–Crippen MR) is 107 cm³/mol. The van der Waals surface area contributed by atoms with Crippen LogP contribution in [0.4, 0.5) is 0 Å². The molecule has 3 rings (SSSR count). The van der Waals surface area contributed by atoms with Gasteiger partial charge in [0.2, 0.25) is 0 Å². The van der Waals surface area contributed by atoms with Gasteiger partial charge in [-0.1, -0.05) is 39.8 Å². The molecule has 0 bridgehead atoms. The number of nitrogens with zero attached hydrogens (tertiary/aromatic N) is 2. The molecule has 1 saturated heterocycles. The quantitative estimate of drug-likeness (QED) is 0.432. The summed E-state index contributed by atoms with van der Waals surface area (Å²) in [6.07, 6.45) is 2.94. The van der Waals surface area contributed by atoms with Crippen molar-refractivity contribution in [2.45, 2.75) is 0 Å².